The lowest BCUT2D eigenvalue weighted by Gasteiger charge is -2.11. The Kier molecular flexibility index (Phi) is 6.30. The fourth-order valence-electron chi connectivity index (χ4n) is 2.44. The van der Waals surface area contributed by atoms with Crippen molar-refractivity contribution < 1.29 is 4.74 Å². The van der Waals surface area contributed by atoms with E-state index in [4.69, 9.17) is 28.6 Å². The normalized spacial score (nSPS) is 10.7. The van der Waals surface area contributed by atoms with Crippen LogP contribution in [0.5, 0.6) is 5.75 Å². The summed E-state index contributed by atoms with van der Waals surface area (Å²) >= 11 is 11.3. The first-order valence-corrected chi connectivity index (χ1v) is 9.34. The number of imidazole rings is 1. The number of halogens is 1. The summed E-state index contributed by atoms with van der Waals surface area (Å²) in [4.78, 5) is 7.69. The van der Waals surface area contributed by atoms with Crippen LogP contribution in [0.2, 0.25) is 5.02 Å². The van der Waals surface area contributed by atoms with Crippen LogP contribution in [0.4, 0.5) is 5.69 Å². The first-order valence-electron chi connectivity index (χ1n) is 8.56. The molecule has 0 unspecified atom stereocenters. The molecule has 1 heterocycles. The zero-order valence-electron chi connectivity index (χ0n) is 14.5. The molecule has 1 aromatic heterocycles. The molecule has 3 rings (SSSR count). The van der Waals surface area contributed by atoms with Crippen molar-refractivity contribution in [3.8, 4) is 5.75 Å². The number of nitrogens with one attached hydrogen (secondary N) is 3. The van der Waals surface area contributed by atoms with Gasteiger partial charge in [-0.3, -0.25) is 0 Å². The number of anilines is 1. The van der Waals surface area contributed by atoms with Gasteiger partial charge in [-0.1, -0.05) is 24.9 Å². The molecule has 0 aliphatic carbocycles. The summed E-state index contributed by atoms with van der Waals surface area (Å²) in [6.45, 7) is 3.39. The van der Waals surface area contributed by atoms with Crippen LogP contribution in [0.1, 0.15) is 25.6 Å². The van der Waals surface area contributed by atoms with Gasteiger partial charge < -0.3 is 20.4 Å². The molecule has 0 fully saturated rings. The summed E-state index contributed by atoms with van der Waals surface area (Å²) in [6, 6.07) is 13.2. The van der Waals surface area contributed by atoms with Crippen LogP contribution in [0.25, 0.3) is 11.0 Å². The minimum absolute atomic E-state index is 0.357. The van der Waals surface area contributed by atoms with Gasteiger partial charge in [0.1, 0.15) is 18.2 Å². The van der Waals surface area contributed by atoms with E-state index in [0.29, 0.717) is 16.7 Å². The van der Waals surface area contributed by atoms with Crippen molar-refractivity contribution >= 4 is 45.7 Å². The Bertz CT molecular complexity index is 879. The predicted molar refractivity (Wildman–Crippen MR) is 111 cm³/mol. The molecule has 0 aliphatic rings. The number of hydrogen-bond acceptors (Lipinski definition) is 3. The van der Waals surface area contributed by atoms with Crippen LogP contribution >= 0.6 is 23.8 Å². The number of aromatic amines is 1. The van der Waals surface area contributed by atoms with E-state index in [0.717, 1.165) is 47.7 Å². The summed E-state index contributed by atoms with van der Waals surface area (Å²) in [5, 5.41) is 7.65. The van der Waals surface area contributed by atoms with Crippen LogP contribution < -0.4 is 15.4 Å². The van der Waals surface area contributed by atoms with E-state index < -0.39 is 0 Å². The molecule has 0 saturated heterocycles. The van der Waals surface area contributed by atoms with E-state index >= 15 is 0 Å². The minimum atomic E-state index is 0.357. The second-order valence-electron chi connectivity index (χ2n) is 5.89. The molecule has 0 spiro atoms. The van der Waals surface area contributed by atoms with Gasteiger partial charge in [0.15, 0.2) is 5.11 Å². The van der Waals surface area contributed by atoms with Crippen molar-refractivity contribution in [1.29, 1.82) is 0 Å². The molecule has 5 nitrogen and oxygen atoms in total. The second kappa shape index (κ2) is 8.87. The van der Waals surface area contributed by atoms with Crippen LogP contribution in [0.15, 0.2) is 42.5 Å². The van der Waals surface area contributed by atoms with E-state index in [1.165, 1.54) is 0 Å². The topological polar surface area (TPSA) is 62.0 Å². The summed E-state index contributed by atoms with van der Waals surface area (Å²) in [5.74, 6) is 1.52. The van der Waals surface area contributed by atoms with E-state index in [2.05, 4.69) is 27.5 Å². The number of fused-ring (bicyclic) bond motifs is 1. The Labute approximate surface area is 163 Å². The quantitative estimate of drug-likeness (QED) is 0.397. The monoisotopic (exact) mass is 388 g/mol. The number of thiocarbonyl (C=S) groups is 1. The molecule has 0 radical (unpaired) electrons. The lowest BCUT2D eigenvalue weighted by Crippen LogP contribution is -2.29. The maximum absolute atomic E-state index is 5.99. The van der Waals surface area contributed by atoms with Gasteiger partial charge in [-0.05, 0) is 61.1 Å². The van der Waals surface area contributed by atoms with Gasteiger partial charge in [-0.15, -0.1) is 0 Å². The van der Waals surface area contributed by atoms with E-state index in [1.54, 1.807) is 0 Å². The molecule has 0 saturated carbocycles. The average Bonchev–Trinajstić information content (AvgIpc) is 3.03. The van der Waals surface area contributed by atoms with Crippen LogP contribution in [0, 0.1) is 0 Å². The van der Waals surface area contributed by atoms with Crippen molar-refractivity contribution in [2.24, 2.45) is 0 Å². The molecule has 7 heteroatoms. The molecule has 0 bridgehead atoms. The third-order valence-corrected chi connectivity index (χ3v) is 4.28. The Morgan fingerprint density at radius 3 is 2.81 bits per heavy atom. The fraction of sp³-hybridized carbons (Fsp3) is 0.263. The number of nitrogens with zero attached hydrogens (tertiary/aromatic N) is 1. The minimum Gasteiger partial charge on any atom is -0.486 e. The largest absolute Gasteiger partial charge is 0.486 e. The fourth-order valence-corrected chi connectivity index (χ4v) is 2.84. The first kappa shape index (κ1) is 18.5. The van der Waals surface area contributed by atoms with Gasteiger partial charge >= 0.3 is 0 Å². The molecule has 0 amide bonds. The van der Waals surface area contributed by atoms with E-state index in [9.17, 15) is 0 Å². The number of H-pyrrole nitrogens is 1. The number of unbranched alkanes of at least 4 members (excludes halogenated alkanes) is 1. The summed E-state index contributed by atoms with van der Waals surface area (Å²) in [6.07, 6.45) is 2.24. The Morgan fingerprint density at radius 2 is 2.04 bits per heavy atom. The molecule has 0 atom stereocenters. The number of ether oxygens (including phenoxy) is 1. The maximum atomic E-state index is 5.99. The highest BCUT2D eigenvalue weighted by Crippen LogP contribution is 2.19. The number of aromatic nitrogens is 2. The van der Waals surface area contributed by atoms with Gasteiger partial charge in [0.25, 0.3) is 0 Å². The lowest BCUT2D eigenvalue weighted by molar-refractivity contribution is 0.297. The van der Waals surface area contributed by atoms with E-state index in [1.807, 2.05) is 42.5 Å². The molecule has 3 N–H and O–H groups in total. The lowest BCUT2D eigenvalue weighted by atomic mass is 10.3. The number of benzene rings is 2. The Hall–Kier alpha value is -2.31. The molecular weight excluding hydrogens is 368 g/mol. The van der Waals surface area contributed by atoms with Crippen molar-refractivity contribution in [3.05, 3.63) is 53.3 Å². The second-order valence-corrected chi connectivity index (χ2v) is 6.74. The zero-order valence-corrected chi connectivity index (χ0v) is 16.1. The van der Waals surface area contributed by atoms with Gasteiger partial charge in [0.05, 0.1) is 11.0 Å². The molecule has 26 heavy (non-hydrogen) atoms. The highest BCUT2D eigenvalue weighted by Gasteiger charge is 2.05. The molecule has 3 aromatic rings. The SMILES string of the molecule is CCCCNC(=S)Nc1ccc(OCc2nc3ccc(Cl)cc3[nH]2)cc1. The number of rotatable bonds is 7. The van der Waals surface area contributed by atoms with Crippen molar-refractivity contribution in [1.82, 2.24) is 15.3 Å². The third kappa shape index (κ3) is 5.09. The molecular formula is C19H21ClN4OS. The number of hydrogen-bond donors (Lipinski definition) is 3. The molecule has 0 aliphatic heterocycles. The summed E-state index contributed by atoms with van der Waals surface area (Å²) in [7, 11) is 0. The Balaban J connectivity index is 1.52. The average molecular weight is 389 g/mol. The van der Waals surface area contributed by atoms with Crippen LogP contribution in [-0.2, 0) is 6.61 Å². The first-order chi connectivity index (χ1) is 12.6. The van der Waals surface area contributed by atoms with Gasteiger partial charge in [-0.2, -0.15) is 0 Å². The highest BCUT2D eigenvalue weighted by atomic mass is 35.5. The van der Waals surface area contributed by atoms with Crippen molar-refractivity contribution in [3.63, 3.8) is 0 Å². The summed E-state index contributed by atoms with van der Waals surface area (Å²) < 4.78 is 5.79. The zero-order chi connectivity index (χ0) is 18.4. The summed E-state index contributed by atoms with van der Waals surface area (Å²) in [5.41, 5.74) is 2.70. The standard InChI is InChI=1S/C19H21ClN4OS/c1-2-3-10-21-19(26)22-14-5-7-15(8-6-14)25-12-18-23-16-9-4-13(20)11-17(16)24-18/h4-9,11H,2-3,10,12H2,1H3,(H,23,24)(H2,21,22,26). The maximum Gasteiger partial charge on any atom is 0.170 e. The van der Waals surface area contributed by atoms with E-state index in [-0.39, 0.29) is 0 Å². The molecule has 2 aromatic carbocycles. The predicted octanol–water partition coefficient (Wildman–Crippen LogP) is 4.88. The van der Waals surface area contributed by atoms with Crippen LogP contribution in [-0.4, -0.2) is 21.6 Å². The van der Waals surface area contributed by atoms with Crippen molar-refractivity contribution in [2.45, 2.75) is 26.4 Å². The van der Waals surface area contributed by atoms with Crippen molar-refractivity contribution in [2.75, 3.05) is 11.9 Å². The van der Waals surface area contributed by atoms with Gasteiger partial charge in [-0.25, -0.2) is 4.98 Å². The van der Waals surface area contributed by atoms with Gasteiger partial charge in [0, 0.05) is 17.3 Å². The third-order valence-electron chi connectivity index (χ3n) is 3.80. The molecule has 136 valence electrons. The van der Waals surface area contributed by atoms with Gasteiger partial charge in [0.2, 0.25) is 0 Å². The Morgan fingerprint density at radius 1 is 1.23 bits per heavy atom. The highest BCUT2D eigenvalue weighted by molar-refractivity contribution is 7.80. The van der Waals surface area contributed by atoms with Crippen LogP contribution in [0.3, 0.4) is 0 Å². The smallest absolute Gasteiger partial charge is 0.170 e.